The lowest BCUT2D eigenvalue weighted by Gasteiger charge is -2.12. The lowest BCUT2D eigenvalue weighted by molar-refractivity contribution is 0.0800. The molecule has 2 aromatic heterocycles. The molecule has 0 spiro atoms. The molecule has 0 atom stereocenters. The average Bonchev–Trinajstić information content (AvgIpc) is 3.21. The van der Waals surface area contributed by atoms with Crippen molar-refractivity contribution in [1.29, 1.82) is 0 Å². The topological polar surface area (TPSA) is 52.8 Å². The molecule has 0 aliphatic carbocycles. The molecule has 0 unspecified atom stereocenters. The van der Waals surface area contributed by atoms with Gasteiger partial charge < -0.3 is 4.74 Å². The first-order valence-corrected chi connectivity index (χ1v) is 12.9. The predicted molar refractivity (Wildman–Crippen MR) is 122 cm³/mol. The molecule has 4 rings (SSSR count). The Morgan fingerprint density at radius 2 is 1.61 bits per heavy atom. The Kier molecular flexibility index (Phi) is 6.64. The molecule has 0 saturated carbocycles. The summed E-state index contributed by atoms with van der Waals surface area (Å²) in [5.74, 6) is 0.348. The number of ether oxygens (including phenoxy) is 1. The van der Waals surface area contributed by atoms with Gasteiger partial charge in [0.25, 0.3) is 0 Å². The molecule has 0 fully saturated rings. The first-order chi connectivity index (χ1) is 15.1. The van der Waals surface area contributed by atoms with Gasteiger partial charge in [-0.25, -0.2) is 14.6 Å². The van der Waals surface area contributed by atoms with E-state index in [2.05, 4.69) is 23.2 Å². The predicted octanol–water partition coefficient (Wildman–Crippen LogP) is 5.54. The van der Waals surface area contributed by atoms with E-state index in [-0.39, 0.29) is 15.5 Å². The van der Waals surface area contributed by atoms with Crippen LogP contribution in [0.3, 0.4) is 0 Å². The van der Waals surface area contributed by atoms with Crippen molar-refractivity contribution >= 4 is 8.80 Å². The third-order valence-corrected chi connectivity index (χ3v) is 6.08. The Balaban J connectivity index is 1.79. The second-order valence-corrected chi connectivity index (χ2v) is 10.4. The van der Waals surface area contributed by atoms with Gasteiger partial charge in [-0.3, -0.25) is 0 Å². The fraction of sp³-hybridized carbons (Fsp3) is 0.208. The molecule has 157 valence electrons. The normalized spacial score (nSPS) is 11.2. The van der Waals surface area contributed by atoms with Crippen molar-refractivity contribution in [3.8, 4) is 33.9 Å². The molecule has 0 bridgehead atoms. The van der Waals surface area contributed by atoms with Gasteiger partial charge in [0.2, 0.25) is 5.95 Å². The summed E-state index contributed by atoms with van der Waals surface area (Å²) in [6.45, 7) is 5.34. The van der Waals surface area contributed by atoms with Gasteiger partial charge in [-0.05, 0) is 23.2 Å². The van der Waals surface area contributed by atoms with Crippen LogP contribution in [-0.2, 0) is 11.5 Å². The van der Waals surface area contributed by atoms with Crippen molar-refractivity contribution in [3.63, 3.8) is 0 Å². The minimum Gasteiger partial charge on any atom is -0.359 e. The minimum absolute atomic E-state index is 0.201. The maximum absolute atomic E-state index is 15.1. The Morgan fingerprint density at radius 1 is 0.935 bits per heavy atom. The summed E-state index contributed by atoms with van der Waals surface area (Å²) >= 11 is 0. The van der Waals surface area contributed by atoms with Crippen LogP contribution in [0.1, 0.15) is 0 Å². The van der Waals surface area contributed by atoms with E-state index in [1.165, 1.54) is 6.20 Å². The summed E-state index contributed by atoms with van der Waals surface area (Å²) in [7, 11) is -0.377. The van der Waals surface area contributed by atoms with Crippen LogP contribution in [0, 0.1) is 5.95 Å². The third-order valence-electron chi connectivity index (χ3n) is 4.88. The highest BCUT2D eigenvalue weighted by molar-refractivity contribution is 6.55. The summed E-state index contributed by atoms with van der Waals surface area (Å²) in [6.07, 6.45) is 1.47. The van der Waals surface area contributed by atoms with Gasteiger partial charge in [0.1, 0.15) is 6.73 Å². The van der Waals surface area contributed by atoms with E-state index in [9.17, 15) is 0 Å². The molecule has 0 amide bonds. The molecule has 4 aromatic rings. The SMILES string of the molecule is C[Si](C)CCOCn1nc(-c2ccccc2)nc1-c1c(-c2ccccc2)ccnc1F. The zero-order chi connectivity index (χ0) is 21.6. The van der Waals surface area contributed by atoms with Gasteiger partial charge in [-0.1, -0.05) is 73.8 Å². The van der Waals surface area contributed by atoms with E-state index in [0.717, 1.165) is 17.2 Å². The Morgan fingerprint density at radius 3 is 2.29 bits per heavy atom. The first kappa shape index (κ1) is 21.1. The van der Waals surface area contributed by atoms with E-state index in [1.54, 1.807) is 10.7 Å². The fourth-order valence-electron chi connectivity index (χ4n) is 3.26. The van der Waals surface area contributed by atoms with Crippen LogP contribution in [0.4, 0.5) is 4.39 Å². The standard InChI is InChI=1S/C24H24FN4OSi/c1-31(2)16-15-30-17-29-24(27-23(28-29)19-11-7-4-8-12-19)21-20(13-14-26-22(21)25)18-9-5-3-6-10-18/h3-14H,15-17H2,1-2H3. The van der Waals surface area contributed by atoms with Crippen molar-refractivity contribution in [2.45, 2.75) is 25.9 Å². The van der Waals surface area contributed by atoms with Crippen LogP contribution in [0.5, 0.6) is 0 Å². The van der Waals surface area contributed by atoms with E-state index in [1.807, 2.05) is 60.7 Å². The Bertz CT molecular complexity index is 1130. The lowest BCUT2D eigenvalue weighted by Crippen LogP contribution is -2.11. The molecule has 2 aromatic carbocycles. The van der Waals surface area contributed by atoms with Crippen LogP contribution >= 0.6 is 0 Å². The first-order valence-electron chi connectivity index (χ1n) is 10.2. The number of hydrogen-bond acceptors (Lipinski definition) is 4. The molecule has 5 nitrogen and oxygen atoms in total. The zero-order valence-electron chi connectivity index (χ0n) is 17.6. The van der Waals surface area contributed by atoms with E-state index in [4.69, 9.17) is 9.72 Å². The maximum atomic E-state index is 15.1. The number of halogens is 1. The Hall–Kier alpha value is -3.16. The summed E-state index contributed by atoms with van der Waals surface area (Å²) in [5.41, 5.74) is 2.79. The molecule has 1 radical (unpaired) electrons. The second-order valence-electron chi connectivity index (χ2n) is 7.51. The Labute approximate surface area is 183 Å². The lowest BCUT2D eigenvalue weighted by atomic mass is 10.0. The number of nitrogens with zero attached hydrogens (tertiary/aromatic N) is 4. The van der Waals surface area contributed by atoms with Crippen LogP contribution in [0.2, 0.25) is 19.1 Å². The van der Waals surface area contributed by atoms with Crippen LogP contribution in [0.15, 0.2) is 72.9 Å². The van der Waals surface area contributed by atoms with Gasteiger partial charge in [0.05, 0.1) is 5.56 Å². The minimum atomic E-state index is -0.581. The average molecular weight is 432 g/mol. The summed E-state index contributed by atoms with van der Waals surface area (Å²) in [6, 6.07) is 22.2. The van der Waals surface area contributed by atoms with Gasteiger partial charge >= 0.3 is 0 Å². The van der Waals surface area contributed by atoms with Crippen molar-refractivity contribution in [2.24, 2.45) is 0 Å². The number of hydrogen-bond donors (Lipinski definition) is 0. The second kappa shape index (κ2) is 9.76. The van der Waals surface area contributed by atoms with Crippen LogP contribution in [-0.4, -0.2) is 35.2 Å². The summed E-state index contributed by atoms with van der Waals surface area (Å²) in [5, 5.41) is 4.64. The maximum Gasteiger partial charge on any atom is 0.224 e. The molecular formula is C24H24FN4OSi. The van der Waals surface area contributed by atoms with E-state index in [0.29, 0.717) is 29.4 Å². The number of aromatic nitrogens is 4. The summed E-state index contributed by atoms with van der Waals surface area (Å²) < 4.78 is 22.6. The van der Waals surface area contributed by atoms with E-state index < -0.39 is 5.95 Å². The highest BCUT2D eigenvalue weighted by Crippen LogP contribution is 2.33. The largest absolute Gasteiger partial charge is 0.359 e. The number of benzene rings is 2. The number of pyridine rings is 1. The quantitative estimate of drug-likeness (QED) is 0.209. The highest BCUT2D eigenvalue weighted by atomic mass is 28.3. The third kappa shape index (κ3) is 4.95. The molecular weight excluding hydrogens is 407 g/mol. The zero-order valence-corrected chi connectivity index (χ0v) is 18.6. The van der Waals surface area contributed by atoms with Crippen molar-refractivity contribution in [2.75, 3.05) is 6.61 Å². The van der Waals surface area contributed by atoms with E-state index >= 15 is 4.39 Å². The van der Waals surface area contributed by atoms with Crippen molar-refractivity contribution < 1.29 is 9.13 Å². The van der Waals surface area contributed by atoms with Gasteiger partial charge in [-0.15, -0.1) is 5.10 Å². The van der Waals surface area contributed by atoms with Crippen molar-refractivity contribution in [1.82, 2.24) is 19.7 Å². The monoisotopic (exact) mass is 431 g/mol. The van der Waals surface area contributed by atoms with Gasteiger partial charge in [0.15, 0.2) is 11.6 Å². The van der Waals surface area contributed by atoms with Crippen LogP contribution in [0.25, 0.3) is 33.9 Å². The molecule has 0 aliphatic rings. The molecule has 31 heavy (non-hydrogen) atoms. The van der Waals surface area contributed by atoms with Gasteiger partial charge in [-0.2, -0.15) is 4.39 Å². The smallest absolute Gasteiger partial charge is 0.224 e. The fourth-order valence-corrected chi connectivity index (χ4v) is 3.81. The van der Waals surface area contributed by atoms with Crippen molar-refractivity contribution in [3.05, 3.63) is 78.9 Å². The highest BCUT2D eigenvalue weighted by Gasteiger charge is 2.21. The molecule has 0 saturated heterocycles. The van der Waals surface area contributed by atoms with Crippen LogP contribution < -0.4 is 0 Å². The summed E-state index contributed by atoms with van der Waals surface area (Å²) in [4.78, 5) is 8.61. The molecule has 7 heteroatoms. The molecule has 0 N–H and O–H groups in total. The molecule has 2 heterocycles. The number of rotatable bonds is 8. The molecule has 0 aliphatic heterocycles. The van der Waals surface area contributed by atoms with Gasteiger partial charge in [0, 0.05) is 27.2 Å².